The Morgan fingerprint density at radius 3 is 2.20 bits per heavy atom. The number of ketones is 1. The van der Waals surface area contributed by atoms with E-state index >= 15 is 0 Å². The van der Waals surface area contributed by atoms with Crippen LogP contribution < -0.4 is 5.32 Å². The van der Waals surface area contributed by atoms with Crippen molar-refractivity contribution >= 4 is 34.6 Å². The molecule has 1 saturated carbocycles. The molecule has 5 rings (SSSR count). The van der Waals surface area contributed by atoms with Gasteiger partial charge in [0.2, 0.25) is 0 Å². The van der Waals surface area contributed by atoms with Crippen LogP contribution in [-0.2, 0) is 4.79 Å². The van der Waals surface area contributed by atoms with Gasteiger partial charge in [-0.15, -0.1) is 0 Å². The molecular weight excluding hydrogens is 440 g/mol. The first-order valence-electron chi connectivity index (χ1n) is 11.1. The number of hydrogen-bond donors (Lipinski definition) is 2. The number of hydrogen-bond acceptors (Lipinski definition) is 5. The Bertz CT molecular complexity index is 1320. The number of rotatable bonds is 6. The Morgan fingerprint density at radius 1 is 0.914 bits per heavy atom. The van der Waals surface area contributed by atoms with E-state index in [0.717, 1.165) is 39.9 Å². The van der Waals surface area contributed by atoms with E-state index in [4.69, 9.17) is 4.42 Å². The van der Waals surface area contributed by atoms with Gasteiger partial charge in [0.1, 0.15) is 5.52 Å². The van der Waals surface area contributed by atoms with Gasteiger partial charge in [0.15, 0.2) is 11.4 Å². The number of nitrogens with zero attached hydrogens (tertiary/aromatic N) is 1. The Labute approximate surface area is 206 Å². The van der Waals surface area contributed by atoms with Gasteiger partial charge in [0, 0.05) is 17.2 Å². The minimum atomic E-state index is -0.871. The third-order valence-electron chi connectivity index (χ3n) is 6.35. The van der Waals surface area contributed by atoms with Crippen molar-refractivity contribution in [2.45, 2.75) is 41.0 Å². The molecule has 182 valence electrons. The normalized spacial score (nSPS) is 16.8. The van der Waals surface area contributed by atoms with Gasteiger partial charge in [-0.3, -0.25) is 9.59 Å². The third kappa shape index (κ3) is 5.27. The summed E-state index contributed by atoms with van der Waals surface area (Å²) in [6, 6.07) is 21.6. The van der Waals surface area contributed by atoms with Crippen molar-refractivity contribution in [1.82, 2.24) is 4.98 Å². The summed E-state index contributed by atoms with van der Waals surface area (Å²) in [6.07, 6.45) is 2.01. The molecule has 3 aromatic carbocycles. The second kappa shape index (κ2) is 10.6. The van der Waals surface area contributed by atoms with Crippen LogP contribution in [-0.4, -0.2) is 21.8 Å². The summed E-state index contributed by atoms with van der Waals surface area (Å²) in [4.78, 5) is 28.7. The summed E-state index contributed by atoms with van der Waals surface area (Å²) in [5.41, 5.74) is 6.10. The van der Waals surface area contributed by atoms with Gasteiger partial charge in [-0.05, 0) is 60.7 Å². The predicted octanol–water partition coefficient (Wildman–Crippen LogP) is 7.50. The molecule has 1 aliphatic rings. The topological polar surface area (TPSA) is 92.4 Å². The van der Waals surface area contributed by atoms with E-state index in [1.165, 1.54) is 0 Å². The number of carboxylic acids is 1. The highest BCUT2D eigenvalue weighted by atomic mass is 16.4. The molecule has 2 atom stereocenters. The maximum Gasteiger partial charge on any atom is 0.307 e. The number of carbonyl (C=O) groups excluding carboxylic acids is 1. The number of benzene rings is 3. The number of aliphatic carboxylic acids is 1. The molecule has 6 nitrogen and oxygen atoms in total. The Kier molecular flexibility index (Phi) is 7.75. The molecule has 0 aliphatic heterocycles. The van der Waals surface area contributed by atoms with E-state index in [1.807, 2.05) is 61.5 Å². The standard InChI is InChI=1S/C27H24N2O4.2CH4/c1-16-5-14-24-23(15-16)29-27(33-24)28-20-12-10-18(11-13-20)17-6-8-19(9-7-17)25(30)21-3-2-4-22(21)26(31)32;;/h5-15,21-22H,2-4H2,1H3,(H,28,29)(H,31,32);2*1H4/t21-,22-;;/m1../s1. The van der Waals surface area contributed by atoms with Crippen LogP contribution in [0.5, 0.6) is 0 Å². The first-order valence-corrected chi connectivity index (χ1v) is 11.1. The van der Waals surface area contributed by atoms with E-state index < -0.39 is 17.8 Å². The summed E-state index contributed by atoms with van der Waals surface area (Å²) < 4.78 is 5.75. The monoisotopic (exact) mass is 472 g/mol. The van der Waals surface area contributed by atoms with Gasteiger partial charge in [0.25, 0.3) is 6.01 Å². The van der Waals surface area contributed by atoms with Gasteiger partial charge in [0.05, 0.1) is 5.92 Å². The van der Waals surface area contributed by atoms with Gasteiger partial charge in [-0.2, -0.15) is 4.98 Å². The van der Waals surface area contributed by atoms with E-state index in [-0.39, 0.29) is 20.6 Å². The number of Topliss-reactive ketones (excluding diaryl/α,β-unsaturated/α-hetero) is 1. The van der Waals surface area contributed by atoms with Gasteiger partial charge in [-0.25, -0.2) is 0 Å². The largest absolute Gasteiger partial charge is 0.481 e. The second-order valence-electron chi connectivity index (χ2n) is 8.62. The number of nitrogens with one attached hydrogen (secondary N) is 1. The molecule has 0 bridgehead atoms. The number of aryl methyl sites for hydroxylation is 1. The summed E-state index contributed by atoms with van der Waals surface area (Å²) >= 11 is 0. The lowest BCUT2D eigenvalue weighted by atomic mass is 9.88. The zero-order valence-electron chi connectivity index (χ0n) is 18.2. The number of anilines is 2. The van der Waals surface area contributed by atoms with Crippen molar-refractivity contribution < 1.29 is 19.1 Å². The molecule has 1 fully saturated rings. The SMILES string of the molecule is C.C.Cc1ccc2oc(Nc3ccc(-c4ccc(C(=O)[C@@H]5CCC[C@H]5C(=O)O)cc4)cc3)nc2c1. The molecule has 6 heteroatoms. The molecule has 2 N–H and O–H groups in total. The van der Waals surface area contributed by atoms with Crippen molar-refractivity contribution in [3.63, 3.8) is 0 Å². The van der Waals surface area contributed by atoms with Crippen LogP contribution >= 0.6 is 0 Å². The molecule has 0 unspecified atom stereocenters. The van der Waals surface area contributed by atoms with Crippen LogP contribution in [0.4, 0.5) is 11.7 Å². The minimum absolute atomic E-state index is 0. The smallest absolute Gasteiger partial charge is 0.307 e. The van der Waals surface area contributed by atoms with Gasteiger partial charge in [-0.1, -0.05) is 63.7 Å². The van der Waals surface area contributed by atoms with Gasteiger partial charge < -0.3 is 14.8 Å². The maximum atomic E-state index is 12.8. The van der Waals surface area contributed by atoms with Crippen LogP contribution in [0.1, 0.15) is 50.0 Å². The van der Waals surface area contributed by atoms with Crippen molar-refractivity contribution in [2.24, 2.45) is 11.8 Å². The molecule has 4 aromatic rings. The van der Waals surface area contributed by atoms with Crippen LogP contribution in [0.2, 0.25) is 0 Å². The summed E-state index contributed by atoms with van der Waals surface area (Å²) in [6.45, 7) is 2.02. The molecular formula is C29H32N2O4. The average Bonchev–Trinajstić information content (AvgIpc) is 3.46. The first-order chi connectivity index (χ1) is 16.0. The molecule has 1 heterocycles. The number of fused-ring (bicyclic) bond motifs is 1. The van der Waals surface area contributed by atoms with Crippen LogP contribution in [0, 0.1) is 18.8 Å². The number of oxazole rings is 1. The summed E-state index contributed by atoms with van der Waals surface area (Å²) in [7, 11) is 0. The average molecular weight is 473 g/mol. The maximum absolute atomic E-state index is 12.8. The molecule has 0 spiro atoms. The molecule has 0 amide bonds. The van der Waals surface area contributed by atoms with Crippen molar-refractivity contribution in [1.29, 1.82) is 0 Å². The van der Waals surface area contributed by atoms with Crippen molar-refractivity contribution in [2.75, 3.05) is 5.32 Å². The zero-order valence-corrected chi connectivity index (χ0v) is 18.2. The third-order valence-corrected chi connectivity index (χ3v) is 6.35. The van der Waals surface area contributed by atoms with Crippen molar-refractivity contribution in [3.05, 3.63) is 77.9 Å². The van der Waals surface area contributed by atoms with E-state index in [2.05, 4.69) is 10.3 Å². The molecule has 1 aliphatic carbocycles. The highest BCUT2D eigenvalue weighted by molar-refractivity contribution is 6.00. The van der Waals surface area contributed by atoms with E-state index in [1.54, 1.807) is 12.1 Å². The lowest BCUT2D eigenvalue weighted by Gasteiger charge is -2.14. The molecule has 1 aromatic heterocycles. The predicted molar refractivity (Wildman–Crippen MR) is 140 cm³/mol. The molecule has 0 saturated heterocycles. The van der Waals surface area contributed by atoms with Crippen LogP contribution in [0.15, 0.2) is 71.1 Å². The quantitative estimate of drug-likeness (QED) is 0.282. The fourth-order valence-electron chi connectivity index (χ4n) is 4.57. The minimum Gasteiger partial charge on any atom is -0.481 e. The number of aromatic nitrogens is 1. The van der Waals surface area contributed by atoms with E-state index in [9.17, 15) is 14.7 Å². The number of carboxylic acid groups (broad SMARTS) is 1. The zero-order chi connectivity index (χ0) is 22.9. The molecule has 0 radical (unpaired) electrons. The fraction of sp³-hybridized carbons (Fsp3) is 0.276. The summed E-state index contributed by atoms with van der Waals surface area (Å²) in [5.74, 6) is -1.93. The highest BCUT2D eigenvalue weighted by Gasteiger charge is 2.37. The van der Waals surface area contributed by atoms with Crippen molar-refractivity contribution in [3.8, 4) is 11.1 Å². The lowest BCUT2D eigenvalue weighted by molar-refractivity contribution is -0.142. The van der Waals surface area contributed by atoms with Gasteiger partial charge >= 0.3 is 5.97 Å². The second-order valence-corrected chi connectivity index (χ2v) is 8.62. The Morgan fingerprint density at radius 2 is 1.54 bits per heavy atom. The highest BCUT2D eigenvalue weighted by Crippen LogP contribution is 2.35. The summed E-state index contributed by atoms with van der Waals surface area (Å²) in [5, 5.41) is 12.6. The first kappa shape index (κ1) is 25.7. The number of carbonyl (C=O) groups is 2. The Hall–Kier alpha value is -3.93. The van der Waals surface area contributed by atoms with Crippen LogP contribution in [0.3, 0.4) is 0 Å². The lowest BCUT2D eigenvalue weighted by Crippen LogP contribution is -2.25. The molecule has 35 heavy (non-hydrogen) atoms. The Balaban J connectivity index is 0.00000171. The van der Waals surface area contributed by atoms with Crippen LogP contribution in [0.25, 0.3) is 22.2 Å². The fourth-order valence-corrected chi connectivity index (χ4v) is 4.57. The van der Waals surface area contributed by atoms with E-state index in [0.29, 0.717) is 24.4 Å².